The van der Waals surface area contributed by atoms with Gasteiger partial charge in [-0.3, -0.25) is 14.5 Å². The molecule has 9 heteroatoms. The van der Waals surface area contributed by atoms with Crippen LogP contribution in [0.15, 0.2) is 30.5 Å². The quantitative estimate of drug-likeness (QED) is 0.490. The molecule has 1 aromatic carbocycles. The number of phenolic OH excluding ortho intramolecular Hbond substituents is 1. The molecule has 1 aromatic heterocycles. The lowest BCUT2D eigenvalue weighted by atomic mass is 9.96. The molecule has 38 heavy (non-hydrogen) atoms. The van der Waals surface area contributed by atoms with Crippen LogP contribution in [0, 0.1) is 13.8 Å². The van der Waals surface area contributed by atoms with Crippen molar-refractivity contribution in [1.29, 1.82) is 0 Å². The van der Waals surface area contributed by atoms with E-state index in [4.69, 9.17) is 4.98 Å². The lowest BCUT2D eigenvalue weighted by Crippen LogP contribution is -2.58. The Morgan fingerprint density at radius 1 is 1.03 bits per heavy atom. The van der Waals surface area contributed by atoms with Gasteiger partial charge in [0.15, 0.2) is 0 Å². The van der Waals surface area contributed by atoms with Gasteiger partial charge in [-0.15, -0.1) is 0 Å². The standard InChI is InChI=1S/C29H43N5O3S/c1-4-5-26-20-33(29-22(3)16-24(18-30-29)31-38(36,37)28-8-9-28)14-15-34(26)25-10-12-32(13-11-25)19-23-6-7-27(35)17-21(23)2/h6-7,16-18,25-26,28,31,35H,4-5,8-15,19-20H2,1-3H3. The Bertz CT molecular complexity index is 1220. The maximum Gasteiger partial charge on any atom is 0.235 e. The van der Waals surface area contributed by atoms with E-state index < -0.39 is 10.0 Å². The number of nitrogens with one attached hydrogen (secondary N) is 1. The van der Waals surface area contributed by atoms with Crippen molar-refractivity contribution >= 4 is 21.5 Å². The molecule has 208 valence electrons. The van der Waals surface area contributed by atoms with Gasteiger partial charge in [0.1, 0.15) is 11.6 Å². The van der Waals surface area contributed by atoms with Crippen molar-refractivity contribution in [2.45, 2.75) is 83.2 Å². The molecule has 2 saturated heterocycles. The first-order valence-electron chi connectivity index (χ1n) is 14.2. The van der Waals surface area contributed by atoms with Crippen molar-refractivity contribution in [3.8, 4) is 5.75 Å². The van der Waals surface area contributed by atoms with Crippen LogP contribution in [0.5, 0.6) is 5.75 Å². The Morgan fingerprint density at radius 2 is 1.79 bits per heavy atom. The monoisotopic (exact) mass is 541 g/mol. The van der Waals surface area contributed by atoms with Crippen molar-refractivity contribution in [1.82, 2.24) is 14.8 Å². The fourth-order valence-electron chi connectivity index (χ4n) is 6.22. The Kier molecular flexibility index (Phi) is 8.16. The fourth-order valence-corrected chi connectivity index (χ4v) is 7.58. The number of piperazine rings is 1. The van der Waals surface area contributed by atoms with Crippen LogP contribution in [0.25, 0.3) is 0 Å². The summed E-state index contributed by atoms with van der Waals surface area (Å²) >= 11 is 0. The van der Waals surface area contributed by atoms with Crippen LogP contribution in [0.4, 0.5) is 11.5 Å². The van der Waals surface area contributed by atoms with Crippen molar-refractivity contribution in [2.24, 2.45) is 0 Å². The Balaban J connectivity index is 1.19. The third-order valence-corrected chi connectivity index (χ3v) is 10.3. The molecule has 8 nitrogen and oxygen atoms in total. The second kappa shape index (κ2) is 11.4. The van der Waals surface area contributed by atoms with Crippen molar-refractivity contribution in [3.63, 3.8) is 0 Å². The summed E-state index contributed by atoms with van der Waals surface area (Å²) in [5, 5.41) is 9.48. The minimum atomic E-state index is -3.28. The number of benzene rings is 1. The van der Waals surface area contributed by atoms with Crippen LogP contribution < -0.4 is 9.62 Å². The molecular formula is C29H43N5O3S. The van der Waals surface area contributed by atoms with Gasteiger partial charge >= 0.3 is 0 Å². The summed E-state index contributed by atoms with van der Waals surface area (Å²) in [4.78, 5) is 12.4. The highest BCUT2D eigenvalue weighted by molar-refractivity contribution is 7.93. The zero-order valence-electron chi connectivity index (χ0n) is 23.1. The molecule has 2 aromatic rings. The summed E-state index contributed by atoms with van der Waals surface area (Å²) in [7, 11) is -3.28. The predicted molar refractivity (Wildman–Crippen MR) is 153 cm³/mol. The molecule has 1 atom stereocenters. The van der Waals surface area contributed by atoms with E-state index in [1.54, 1.807) is 12.3 Å². The van der Waals surface area contributed by atoms with E-state index in [-0.39, 0.29) is 5.25 Å². The maximum absolute atomic E-state index is 12.3. The molecule has 0 amide bonds. The van der Waals surface area contributed by atoms with E-state index in [0.29, 0.717) is 23.5 Å². The highest BCUT2D eigenvalue weighted by Crippen LogP contribution is 2.32. The number of hydrogen-bond donors (Lipinski definition) is 2. The van der Waals surface area contributed by atoms with Crippen LogP contribution in [0.2, 0.25) is 0 Å². The third kappa shape index (κ3) is 6.26. The van der Waals surface area contributed by atoms with Crippen molar-refractivity contribution < 1.29 is 13.5 Å². The van der Waals surface area contributed by atoms with Crippen LogP contribution in [0.1, 0.15) is 62.1 Å². The van der Waals surface area contributed by atoms with Crippen molar-refractivity contribution in [3.05, 3.63) is 47.2 Å². The van der Waals surface area contributed by atoms with Gasteiger partial charge in [-0.05, 0) is 93.9 Å². The molecule has 3 heterocycles. The molecule has 1 aliphatic carbocycles. The topological polar surface area (TPSA) is 89.0 Å². The van der Waals surface area contributed by atoms with Gasteiger partial charge in [-0.25, -0.2) is 13.4 Å². The Hall–Kier alpha value is -2.36. The SMILES string of the molecule is CCCC1CN(c2ncc(NS(=O)(=O)C3CC3)cc2C)CCN1C1CCN(Cc2ccc(O)cc2C)CC1. The molecule has 1 unspecified atom stereocenters. The molecule has 0 bridgehead atoms. The van der Waals surface area contributed by atoms with Gasteiger partial charge in [0.25, 0.3) is 0 Å². The first kappa shape index (κ1) is 27.2. The van der Waals surface area contributed by atoms with Gasteiger partial charge in [-0.2, -0.15) is 0 Å². The number of rotatable bonds is 9. The molecule has 2 aliphatic heterocycles. The van der Waals surface area contributed by atoms with Gasteiger partial charge in [0.2, 0.25) is 10.0 Å². The number of likely N-dealkylation sites (tertiary alicyclic amines) is 1. The van der Waals surface area contributed by atoms with E-state index in [1.807, 2.05) is 19.1 Å². The average Bonchev–Trinajstić information content (AvgIpc) is 3.73. The second-order valence-electron chi connectivity index (χ2n) is 11.5. The summed E-state index contributed by atoms with van der Waals surface area (Å²) in [6, 6.07) is 8.74. The number of sulfonamides is 1. The molecule has 0 spiro atoms. The Morgan fingerprint density at radius 3 is 2.45 bits per heavy atom. The van der Waals surface area contributed by atoms with E-state index in [1.165, 1.54) is 24.8 Å². The van der Waals surface area contributed by atoms with Gasteiger partial charge in [-0.1, -0.05) is 19.4 Å². The fraction of sp³-hybridized carbons (Fsp3) is 0.621. The summed E-state index contributed by atoms with van der Waals surface area (Å²) in [6.45, 7) is 12.5. The third-order valence-electron chi connectivity index (χ3n) is 8.47. The number of hydrogen-bond acceptors (Lipinski definition) is 7. The summed E-state index contributed by atoms with van der Waals surface area (Å²) in [5.41, 5.74) is 4.04. The van der Waals surface area contributed by atoms with Crippen LogP contribution in [-0.4, -0.2) is 78.4 Å². The smallest absolute Gasteiger partial charge is 0.235 e. The molecule has 3 aliphatic rings. The maximum atomic E-state index is 12.3. The van der Waals surface area contributed by atoms with E-state index in [2.05, 4.69) is 39.3 Å². The minimum Gasteiger partial charge on any atom is -0.508 e. The molecule has 3 fully saturated rings. The molecular weight excluding hydrogens is 498 g/mol. The number of aromatic nitrogens is 1. The highest BCUT2D eigenvalue weighted by Gasteiger charge is 2.36. The van der Waals surface area contributed by atoms with E-state index >= 15 is 0 Å². The number of nitrogens with zero attached hydrogens (tertiary/aromatic N) is 4. The van der Waals surface area contributed by atoms with Crippen LogP contribution in [-0.2, 0) is 16.6 Å². The molecule has 5 rings (SSSR count). The van der Waals surface area contributed by atoms with Gasteiger partial charge < -0.3 is 10.0 Å². The van der Waals surface area contributed by atoms with Gasteiger partial charge in [0, 0.05) is 38.3 Å². The number of anilines is 2. The lowest BCUT2D eigenvalue weighted by Gasteiger charge is -2.48. The number of piperidine rings is 1. The lowest BCUT2D eigenvalue weighted by molar-refractivity contribution is 0.0589. The zero-order chi connectivity index (χ0) is 26.9. The number of aryl methyl sites for hydroxylation is 2. The normalized spacial score (nSPS) is 22.1. The Labute approximate surface area is 228 Å². The van der Waals surface area contributed by atoms with Gasteiger partial charge in [0.05, 0.1) is 17.1 Å². The molecule has 0 radical (unpaired) electrons. The first-order valence-corrected chi connectivity index (χ1v) is 15.8. The summed E-state index contributed by atoms with van der Waals surface area (Å²) in [5.74, 6) is 1.31. The average molecular weight is 542 g/mol. The summed E-state index contributed by atoms with van der Waals surface area (Å²) < 4.78 is 27.4. The van der Waals surface area contributed by atoms with Crippen LogP contribution in [0.3, 0.4) is 0 Å². The highest BCUT2D eigenvalue weighted by atomic mass is 32.2. The van der Waals surface area contributed by atoms with Crippen LogP contribution >= 0.6 is 0 Å². The number of pyridine rings is 1. The second-order valence-corrected chi connectivity index (χ2v) is 13.4. The number of aromatic hydroxyl groups is 1. The van der Waals surface area contributed by atoms with E-state index in [9.17, 15) is 13.5 Å². The van der Waals surface area contributed by atoms with Crippen molar-refractivity contribution in [2.75, 3.05) is 42.3 Å². The first-order chi connectivity index (χ1) is 18.2. The minimum absolute atomic E-state index is 0.242. The predicted octanol–water partition coefficient (Wildman–Crippen LogP) is 4.26. The molecule has 2 N–H and O–H groups in total. The zero-order valence-corrected chi connectivity index (χ0v) is 23.9. The number of phenols is 1. The van der Waals surface area contributed by atoms with E-state index in [0.717, 1.165) is 75.5 Å². The largest absolute Gasteiger partial charge is 0.508 e. The molecule has 1 saturated carbocycles. The summed E-state index contributed by atoms with van der Waals surface area (Å²) in [6.07, 6.45) is 7.87.